The highest BCUT2D eigenvalue weighted by Crippen LogP contribution is 2.28. The van der Waals surface area contributed by atoms with Crippen LogP contribution in [0.25, 0.3) is 10.9 Å². The van der Waals surface area contributed by atoms with Crippen molar-refractivity contribution in [1.29, 1.82) is 0 Å². The van der Waals surface area contributed by atoms with Gasteiger partial charge in [-0.2, -0.15) is 0 Å². The van der Waals surface area contributed by atoms with Crippen LogP contribution in [0.15, 0.2) is 67.0 Å². The zero-order valence-electron chi connectivity index (χ0n) is 20.5. The summed E-state index contributed by atoms with van der Waals surface area (Å²) in [4.78, 5) is 38.0. The number of nitrogens with one attached hydrogen (secondary N) is 3. The Kier molecular flexibility index (Phi) is 7.34. The van der Waals surface area contributed by atoms with E-state index in [0.717, 1.165) is 13.1 Å². The van der Waals surface area contributed by atoms with Crippen molar-refractivity contribution in [3.8, 4) is 0 Å². The largest absolute Gasteiger partial charge is 0.340 e. The molecule has 1 saturated heterocycles. The second kappa shape index (κ2) is 11.0. The summed E-state index contributed by atoms with van der Waals surface area (Å²) in [7, 11) is 2.04. The number of anilines is 4. The summed E-state index contributed by atoms with van der Waals surface area (Å²) < 4.78 is 13.5. The standard InChI is InChI=1S/C27H25ClFN7O2/c1-35-10-12-36(13-11-35)26(37)17-2-4-18(5-3-17)33-27(38)34-19-7-9-24-21(14-19)25(31-16-30-24)32-20-6-8-23(29)22(28)15-20/h2-9,14-16H,10-13H2,1H3,(H,30,31,32)(H2,33,34,38). The maximum atomic E-state index is 13.5. The summed E-state index contributed by atoms with van der Waals surface area (Å²) in [6, 6.07) is 15.9. The lowest BCUT2D eigenvalue weighted by Crippen LogP contribution is -2.47. The minimum atomic E-state index is -0.515. The summed E-state index contributed by atoms with van der Waals surface area (Å²) in [5.41, 5.74) is 2.87. The van der Waals surface area contributed by atoms with Gasteiger partial charge in [0.15, 0.2) is 0 Å². The van der Waals surface area contributed by atoms with Crippen molar-refractivity contribution in [2.24, 2.45) is 0 Å². The molecule has 1 aliphatic heterocycles. The van der Waals surface area contributed by atoms with Crippen molar-refractivity contribution in [3.05, 3.63) is 83.4 Å². The number of hydrogen-bond acceptors (Lipinski definition) is 6. The van der Waals surface area contributed by atoms with Gasteiger partial charge in [-0.3, -0.25) is 4.79 Å². The molecule has 3 aromatic carbocycles. The van der Waals surface area contributed by atoms with Crippen LogP contribution in [0.4, 0.5) is 32.1 Å². The Hall–Kier alpha value is -4.28. The number of aromatic nitrogens is 2. The van der Waals surface area contributed by atoms with Crippen LogP contribution in [-0.4, -0.2) is 64.9 Å². The first-order chi connectivity index (χ1) is 18.4. The fourth-order valence-corrected chi connectivity index (χ4v) is 4.31. The molecule has 0 aliphatic carbocycles. The molecule has 0 radical (unpaired) electrons. The number of piperazine rings is 1. The molecule has 0 saturated carbocycles. The van der Waals surface area contributed by atoms with Crippen molar-refractivity contribution in [2.75, 3.05) is 49.2 Å². The molecule has 1 aliphatic rings. The summed E-state index contributed by atoms with van der Waals surface area (Å²) in [6.07, 6.45) is 1.41. The number of fused-ring (bicyclic) bond motifs is 1. The predicted octanol–water partition coefficient (Wildman–Crippen LogP) is 5.20. The molecule has 1 aromatic heterocycles. The smallest absolute Gasteiger partial charge is 0.323 e. The molecular weight excluding hydrogens is 509 g/mol. The van der Waals surface area contributed by atoms with Gasteiger partial charge in [0.2, 0.25) is 0 Å². The van der Waals surface area contributed by atoms with Crippen LogP contribution < -0.4 is 16.0 Å². The second-order valence-electron chi connectivity index (χ2n) is 8.96. The molecule has 38 heavy (non-hydrogen) atoms. The van der Waals surface area contributed by atoms with Gasteiger partial charge in [0.25, 0.3) is 5.91 Å². The molecule has 3 amide bonds. The molecular formula is C27H25ClFN7O2. The maximum Gasteiger partial charge on any atom is 0.323 e. The molecule has 0 unspecified atom stereocenters. The number of urea groups is 1. The number of likely N-dealkylation sites (N-methyl/N-ethyl adjacent to an activating group) is 1. The number of hydrogen-bond donors (Lipinski definition) is 3. The molecule has 0 atom stereocenters. The Balaban J connectivity index is 1.25. The first-order valence-electron chi connectivity index (χ1n) is 12.0. The zero-order valence-corrected chi connectivity index (χ0v) is 21.3. The normalized spacial score (nSPS) is 13.8. The number of benzene rings is 3. The van der Waals surface area contributed by atoms with Gasteiger partial charge in [-0.25, -0.2) is 19.2 Å². The summed E-state index contributed by atoms with van der Waals surface area (Å²) in [5, 5.41) is 9.33. The van der Waals surface area contributed by atoms with E-state index in [9.17, 15) is 14.0 Å². The molecule has 3 N–H and O–H groups in total. The average Bonchev–Trinajstić information content (AvgIpc) is 2.91. The lowest BCUT2D eigenvalue weighted by molar-refractivity contribution is 0.0664. The third-order valence-corrected chi connectivity index (χ3v) is 6.55. The molecule has 4 aromatic rings. The van der Waals surface area contributed by atoms with Gasteiger partial charge in [0, 0.05) is 54.2 Å². The van der Waals surface area contributed by atoms with Crippen LogP contribution in [-0.2, 0) is 0 Å². The lowest BCUT2D eigenvalue weighted by Gasteiger charge is -2.32. The number of carbonyl (C=O) groups is 2. The summed E-state index contributed by atoms with van der Waals surface area (Å²) >= 11 is 5.89. The quantitative estimate of drug-likeness (QED) is 0.326. The van der Waals surface area contributed by atoms with E-state index in [1.807, 2.05) is 11.9 Å². The van der Waals surface area contributed by atoms with Gasteiger partial charge < -0.3 is 25.8 Å². The highest BCUT2D eigenvalue weighted by Gasteiger charge is 2.20. The SMILES string of the molecule is CN1CCN(C(=O)c2ccc(NC(=O)Nc3ccc4ncnc(Nc5ccc(F)c(Cl)c5)c4c3)cc2)CC1. The molecule has 2 heterocycles. The molecule has 9 nitrogen and oxygen atoms in total. The molecule has 194 valence electrons. The third kappa shape index (κ3) is 5.82. The van der Waals surface area contributed by atoms with Crippen LogP contribution in [0.1, 0.15) is 10.4 Å². The monoisotopic (exact) mass is 533 g/mol. The van der Waals surface area contributed by atoms with E-state index in [1.165, 1.54) is 18.5 Å². The van der Waals surface area contributed by atoms with Crippen LogP contribution in [0.3, 0.4) is 0 Å². The van der Waals surface area contributed by atoms with E-state index in [2.05, 4.69) is 30.8 Å². The van der Waals surface area contributed by atoms with Crippen LogP contribution in [0, 0.1) is 5.82 Å². The van der Waals surface area contributed by atoms with E-state index in [4.69, 9.17) is 11.6 Å². The second-order valence-corrected chi connectivity index (χ2v) is 9.37. The van der Waals surface area contributed by atoms with Gasteiger partial charge in [0.05, 0.1) is 10.5 Å². The Morgan fingerprint density at radius 1 is 0.868 bits per heavy atom. The van der Waals surface area contributed by atoms with Gasteiger partial charge >= 0.3 is 6.03 Å². The molecule has 1 fully saturated rings. The minimum absolute atomic E-state index is 0.0101. The minimum Gasteiger partial charge on any atom is -0.340 e. The maximum absolute atomic E-state index is 13.5. The van der Waals surface area contributed by atoms with Crippen LogP contribution in [0.5, 0.6) is 0 Å². The highest BCUT2D eigenvalue weighted by atomic mass is 35.5. The fourth-order valence-electron chi connectivity index (χ4n) is 4.13. The topological polar surface area (TPSA) is 102 Å². The van der Waals surface area contributed by atoms with Crippen LogP contribution >= 0.6 is 11.6 Å². The van der Waals surface area contributed by atoms with E-state index in [0.29, 0.717) is 52.4 Å². The third-order valence-electron chi connectivity index (χ3n) is 6.26. The number of nitrogens with zero attached hydrogens (tertiary/aromatic N) is 4. The van der Waals surface area contributed by atoms with E-state index in [1.54, 1.807) is 48.5 Å². The predicted molar refractivity (Wildman–Crippen MR) is 147 cm³/mol. The van der Waals surface area contributed by atoms with Crippen molar-refractivity contribution < 1.29 is 14.0 Å². The molecule has 0 spiro atoms. The number of halogens is 2. The fraction of sp³-hybridized carbons (Fsp3) is 0.185. The number of amides is 3. The Morgan fingerprint density at radius 3 is 2.29 bits per heavy atom. The van der Waals surface area contributed by atoms with Gasteiger partial charge in [-0.05, 0) is 67.7 Å². The van der Waals surface area contributed by atoms with Gasteiger partial charge in [-0.1, -0.05) is 11.6 Å². The average molecular weight is 534 g/mol. The molecule has 5 rings (SSSR count). The van der Waals surface area contributed by atoms with Gasteiger partial charge in [0.1, 0.15) is 18.0 Å². The Labute approximate surface area is 223 Å². The first kappa shape index (κ1) is 25.4. The van der Waals surface area contributed by atoms with Gasteiger partial charge in [-0.15, -0.1) is 0 Å². The Bertz CT molecular complexity index is 1490. The van der Waals surface area contributed by atoms with Crippen LogP contribution in [0.2, 0.25) is 5.02 Å². The Morgan fingerprint density at radius 2 is 1.55 bits per heavy atom. The van der Waals surface area contributed by atoms with E-state index < -0.39 is 11.8 Å². The van der Waals surface area contributed by atoms with Crippen molar-refractivity contribution in [1.82, 2.24) is 19.8 Å². The van der Waals surface area contributed by atoms with Crippen molar-refractivity contribution >= 4 is 57.3 Å². The molecule has 11 heteroatoms. The summed E-state index contributed by atoms with van der Waals surface area (Å²) in [5.74, 6) is -0.0549. The summed E-state index contributed by atoms with van der Waals surface area (Å²) in [6.45, 7) is 3.10. The number of rotatable bonds is 5. The number of carbonyl (C=O) groups excluding carboxylic acids is 2. The molecule has 0 bridgehead atoms. The highest BCUT2D eigenvalue weighted by molar-refractivity contribution is 6.31. The van der Waals surface area contributed by atoms with E-state index >= 15 is 0 Å². The lowest BCUT2D eigenvalue weighted by atomic mass is 10.1. The van der Waals surface area contributed by atoms with E-state index in [-0.39, 0.29) is 10.9 Å². The van der Waals surface area contributed by atoms with Crippen molar-refractivity contribution in [2.45, 2.75) is 0 Å². The van der Waals surface area contributed by atoms with Crippen molar-refractivity contribution in [3.63, 3.8) is 0 Å². The first-order valence-corrected chi connectivity index (χ1v) is 12.4. The zero-order chi connectivity index (χ0) is 26.6.